The van der Waals surface area contributed by atoms with Gasteiger partial charge in [0.25, 0.3) is 0 Å². The Kier molecular flexibility index (Phi) is 4.29. The molecule has 0 aliphatic carbocycles. The molecule has 0 radical (unpaired) electrons. The molecule has 2 heterocycles. The maximum Gasteiger partial charge on any atom is 0.586 e. The van der Waals surface area contributed by atoms with E-state index in [1.807, 2.05) is 0 Å². The highest BCUT2D eigenvalue weighted by Gasteiger charge is 2.43. The van der Waals surface area contributed by atoms with Crippen LogP contribution in [0.3, 0.4) is 0 Å². The number of nitrogens with zero attached hydrogens (tertiary/aromatic N) is 2. The lowest BCUT2D eigenvalue weighted by Crippen LogP contribution is -2.25. The molecule has 144 valence electrons. The summed E-state index contributed by atoms with van der Waals surface area (Å²) in [6, 6.07) is 6.47. The Morgan fingerprint density at radius 1 is 1.00 bits per heavy atom. The summed E-state index contributed by atoms with van der Waals surface area (Å²) in [6.45, 7) is 1.60. The highest BCUT2D eigenvalue weighted by Crippen LogP contribution is 2.44. The largest absolute Gasteiger partial charge is 0.586 e. The molecule has 0 unspecified atom stereocenters. The van der Waals surface area contributed by atoms with E-state index in [-0.39, 0.29) is 29.6 Å². The van der Waals surface area contributed by atoms with Gasteiger partial charge in [0, 0.05) is 30.1 Å². The third-order valence-electron chi connectivity index (χ3n) is 4.20. The lowest BCUT2D eigenvalue weighted by molar-refractivity contribution is -0.286. The molecule has 1 aliphatic heterocycles. The summed E-state index contributed by atoms with van der Waals surface area (Å²) in [6.07, 6.45) is -0.759. The Morgan fingerprint density at radius 3 is 2.25 bits per heavy atom. The number of fused-ring (bicyclic) bond motifs is 1. The molecular formula is C19H13F4N3O2. The minimum absolute atomic E-state index is 0.0441. The minimum atomic E-state index is -3.69. The lowest BCUT2D eigenvalue weighted by Gasteiger charge is -2.09. The van der Waals surface area contributed by atoms with Crippen LogP contribution in [-0.4, -0.2) is 16.3 Å². The maximum atomic E-state index is 13.7. The Hall–Kier alpha value is -3.36. The first-order valence-electron chi connectivity index (χ1n) is 8.22. The zero-order valence-electron chi connectivity index (χ0n) is 14.5. The molecule has 0 saturated carbocycles. The molecule has 0 amide bonds. The zero-order chi connectivity index (χ0) is 19.9. The Labute approximate surface area is 157 Å². The van der Waals surface area contributed by atoms with Gasteiger partial charge in [-0.25, -0.2) is 18.7 Å². The second-order valence-corrected chi connectivity index (χ2v) is 6.13. The summed E-state index contributed by atoms with van der Waals surface area (Å²) >= 11 is 0. The fraction of sp³-hybridized carbons (Fsp3) is 0.158. The van der Waals surface area contributed by atoms with Crippen LogP contribution in [0, 0.1) is 18.6 Å². The molecule has 0 spiro atoms. The second-order valence-electron chi connectivity index (χ2n) is 6.13. The van der Waals surface area contributed by atoms with Crippen molar-refractivity contribution in [2.45, 2.75) is 19.8 Å². The van der Waals surface area contributed by atoms with E-state index in [1.54, 1.807) is 6.92 Å². The topological polar surface area (TPSA) is 56.3 Å². The molecule has 0 fully saturated rings. The van der Waals surface area contributed by atoms with Crippen molar-refractivity contribution < 1.29 is 27.0 Å². The van der Waals surface area contributed by atoms with Crippen LogP contribution in [0.5, 0.6) is 11.5 Å². The van der Waals surface area contributed by atoms with E-state index in [4.69, 9.17) is 0 Å². The SMILES string of the molecule is Cc1cc2c(cc1-c1cnc(NCc3c(F)cccc3F)nc1)OC(F)(F)O2. The molecule has 1 N–H and O–H groups in total. The number of aryl methyl sites for hydroxylation is 1. The van der Waals surface area contributed by atoms with Crippen LogP contribution in [0.2, 0.25) is 0 Å². The summed E-state index contributed by atoms with van der Waals surface area (Å²) < 4.78 is 62.6. The van der Waals surface area contributed by atoms with Gasteiger partial charge in [0.2, 0.25) is 5.95 Å². The smallest absolute Gasteiger partial charge is 0.395 e. The van der Waals surface area contributed by atoms with Crippen LogP contribution >= 0.6 is 0 Å². The van der Waals surface area contributed by atoms with Crippen LogP contribution in [0.4, 0.5) is 23.5 Å². The van der Waals surface area contributed by atoms with Crippen LogP contribution in [0.15, 0.2) is 42.7 Å². The summed E-state index contributed by atoms with van der Waals surface area (Å²) in [4.78, 5) is 8.21. The normalized spacial score (nSPS) is 14.2. The number of rotatable bonds is 4. The molecule has 0 bridgehead atoms. The third kappa shape index (κ3) is 3.42. The predicted octanol–water partition coefficient (Wildman–Crippen LogP) is 4.66. The molecule has 2 aromatic carbocycles. The number of hydrogen-bond acceptors (Lipinski definition) is 5. The van der Waals surface area contributed by atoms with E-state index in [1.165, 1.54) is 30.6 Å². The lowest BCUT2D eigenvalue weighted by atomic mass is 10.0. The van der Waals surface area contributed by atoms with E-state index in [0.717, 1.165) is 12.1 Å². The summed E-state index contributed by atoms with van der Waals surface area (Å²) in [5.41, 5.74) is 1.69. The number of benzene rings is 2. The van der Waals surface area contributed by atoms with E-state index in [2.05, 4.69) is 24.8 Å². The highest BCUT2D eigenvalue weighted by molar-refractivity contribution is 5.70. The van der Waals surface area contributed by atoms with Gasteiger partial charge in [0.15, 0.2) is 11.5 Å². The standard InChI is InChI=1S/C19H13F4N3O2/c1-10-5-16-17(28-19(22,23)27-16)6-12(10)11-7-24-18(25-8-11)26-9-13-14(20)3-2-4-15(13)21/h2-8H,9H2,1H3,(H,24,25,26). The first kappa shape index (κ1) is 18.0. The van der Waals surface area contributed by atoms with E-state index in [0.29, 0.717) is 16.7 Å². The Balaban J connectivity index is 1.53. The van der Waals surface area contributed by atoms with Gasteiger partial charge in [-0.05, 0) is 42.3 Å². The van der Waals surface area contributed by atoms with Gasteiger partial charge in [0.1, 0.15) is 11.6 Å². The molecular weight excluding hydrogens is 378 g/mol. The second kappa shape index (κ2) is 6.66. The summed E-state index contributed by atoms with van der Waals surface area (Å²) in [5, 5.41) is 2.74. The van der Waals surface area contributed by atoms with E-state index in [9.17, 15) is 17.6 Å². The first-order valence-corrected chi connectivity index (χ1v) is 8.22. The number of nitrogens with one attached hydrogen (secondary N) is 1. The molecule has 9 heteroatoms. The van der Waals surface area contributed by atoms with Gasteiger partial charge in [0.05, 0.1) is 0 Å². The van der Waals surface area contributed by atoms with Gasteiger partial charge in [-0.1, -0.05) is 6.07 Å². The predicted molar refractivity (Wildman–Crippen MR) is 92.1 cm³/mol. The van der Waals surface area contributed by atoms with Gasteiger partial charge in [-0.15, -0.1) is 8.78 Å². The molecule has 5 nitrogen and oxygen atoms in total. The molecule has 3 aromatic rings. The average molecular weight is 391 g/mol. The fourth-order valence-electron chi connectivity index (χ4n) is 2.84. The van der Waals surface area contributed by atoms with Crippen LogP contribution in [0.1, 0.15) is 11.1 Å². The zero-order valence-corrected chi connectivity index (χ0v) is 14.5. The Bertz CT molecular complexity index is 1020. The van der Waals surface area contributed by atoms with Crippen molar-refractivity contribution in [3.63, 3.8) is 0 Å². The van der Waals surface area contributed by atoms with E-state index < -0.39 is 17.9 Å². The van der Waals surface area contributed by atoms with Crippen molar-refractivity contribution in [1.82, 2.24) is 9.97 Å². The number of ether oxygens (including phenoxy) is 2. The van der Waals surface area contributed by atoms with Crippen LogP contribution in [-0.2, 0) is 6.54 Å². The van der Waals surface area contributed by atoms with Crippen molar-refractivity contribution in [3.05, 3.63) is 65.5 Å². The molecule has 0 atom stereocenters. The van der Waals surface area contributed by atoms with Crippen LogP contribution < -0.4 is 14.8 Å². The van der Waals surface area contributed by atoms with Crippen molar-refractivity contribution in [2.75, 3.05) is 5.32 Å². The van der Waals surface area contributed by atoms with Crippen LogP contribution in [0.25, 0.3) is 11.1 Å². The van der Waals surface area contributed by atoms with Crippen molar-refractivity contribution in [3.8, 4) is 22.6 Å². The van der Waals surface area contributed by atoms with E-state index >= 15 is 0 Å². The number of aromatic nitrogens is 2. The molecule has 28 heavy (non-hydrogen) atoms. The molecule has 0 saturated heterocycles. The molecule has 1 aromatic heterocycles. The molecule has 4 rings (SSSR count). The average Bonchev–Trinajstić information content (AvgIpc) is 2.94. The van der Waals surface area contributed by atoms with Crippen molar-refractivity contribution in [2.24, 2.45) is 0 Å². The number of hydrogen-bond donors (Lipinski definition) is 1. The van der Waals surface area contributed by atoms with Gasteiger partial charge in [-0.2, -0.15) is 0 Å². The van der Waals surface area contributed by atoms with Gasteiger partial charge >= 0.3 is 6.29 Å². The minimum Gasteiger partial charge on any atom is -0.395 e. The Morgan fingerprint density at radius 2 is 1.61 bits per heavy atom. The number of anilines is 1. The number of alkyl halides is 2. The third-order valence-corrected chi connectivity index (χ3v) is 4.20. The van der Waals surface area contributed by atoms with Gasteiger partial charge in [-0.3, -0.25) is 0 Å². The van der Waals surface area contributed by atoms with Crippen molar-refractivity contribution >= 4 is 5.95 Å². The van der Waals surface area contributed by atoms with Gasteiger partial charge < -0.3 is 14.8 Å². The monoisotopic (exact) mass is 391 g/mol. The first-order chi connectivity index (χ1) is 13.3. The highest BCUT2D eigenvalue weighted by atomic mass is 19.3. The molecule has 1 aliphatic rings. The van der Waals surface area contributed by atoms with Crippen molar-refractivity contribution in [1.29, 1.82) is 0 Å². The quantitative estimate of drug-likeness (QED) is 0.656. The number of halogens is 4. The summed E-state index contributed by atoms with van der Waals surface area (Å²) in [7, 11) is 0. The fourth-order valence-corrected chi connectivity index (χ4v) is 2.84. The maximum absolute atomic E-state index is 13.7. The summed E-state index contributed by atoms with van der Waals surface area (Å²) in [5.74, 6) is -1.30.